The lowest BCUT2D eigenvalue weighted by Gasteiger charge is -2.37. The van der Waals surface area contributed by atoms with Crippen LogP contribution in [-0.4, -0.2) is 28.9 Å². The van der Waals surface area contributed by atoms with Gasteiger partial charge < -0.3 is 10.6 Å². The Hall–Kier alpha value is -0.570. The predicted molar refractivity (Wildman–Crippen MR) is 74.2 cm³/mol. The standard InChI is InChI=1S/C15H28N2O/c1-12(2)8-11-17(13-6-7-13)14(18)15(16)9-4-3-5-10-15/h12-13H,3-11,16H2,1-2H3. The molecule has 0 aromatic rings. The van der Waals surface area contributed by atoms with Crippen molar-refractivity contribution in [3.63, 3.8) is 0 Å². The second kappa shape index (κ2) is 5.60. The molecule has 0 atom stereocenters. The molecule has 0 saturated heterocycles. The molecule has 104 valence electrons. The van der Waals surface area contributed by atoms with Crippen molar-refractivity contribution in [2.75, 3.05) is 6.54 Å². The quantitative estimate of drug-likeness (QED) is 0.817. The first-order valence-corrected chi connectivity index (χ1v) is 7.63. The van der Waals surface area contributed by atoms with Crippen molar-refractivity contribution in [3.8, 4) is 0 Å². The van der Waals surface area contributed by atoms with Crippen molar-refractivity contribution < 1.29 is 4.79 Å². The summed E-state index contributed by atoms with van der Waals surface area (Å²) in [6.45, 7) is 5.34. The van der Waals surface area contributed by atoms with E-state index < -0.39 is 5.54 Å². The van der Waals surface area contributed by atoms with Crippen molar-refractivity contribution in [2.45, 2.75) is 76.8 Å². The summed E-state index contributed by atoms with van der Waals surface area (Å²) in [5.41, 5.74) is 5.84. The number of amides is 1. The minimum atomic E-state index is -0.544. The molecule has 0 bridgehead atoms. The maximum atomic E-state index is 12.7. The Balaban J connectivity index is 1.98. The topological polar surface area (TPSA) is 46.3 Å². The van der Waals surface area contributed by atoms with Crippen molar-refractivity contribution in [3.05, 3.63) is 0 Å². The molecular formula is C15H28N2O. The molecule has 2 N–H and O–H groups in total. The van der Waals surface area contributed by atoms with Gasteiger partial charge in [0.15, 0.2) is 0 Å². The summed E-state index contributed by atoms with van der Waals surface area (Å²) in [7, 11) is 0. The zero-order valence-corrected chi connectivity index (χ0v) is 12.0. The third-order valence-corrected chi connectivity index (χ3v) is 4.37. The smallest absolute Gasteiger partial charge is 0.242 e. The van der Waals surface area contributed by atoms with Crippen molar-refractivity contribution in [1.82, 2.24) is 4.90 Å². The Morgan fingerprint density at radius 2 is 1.89 bits per heavy atom. The van der Waals surface area contributed by atoms with Crippen molar-refractivity contribution in [1.29, 1.82) is 0 Å². The van der Waals surface area contributed by atoms with Gasteiger partial charge in [-0.2, -0.15) is 0 Å². The van der Waals surface area contributed by atoms with E-state index in [-0.39, 0.29) is 5.91 Å². The van der Waals surface area contributed by atoms with Crippen molar-refractivity contribution in [2.24, 2.45) is 11.7 Å². The zero-order chi connectivity index (χ0) is 13.2. The van der Waals surface area contributed by atoms with E-state index in [9.17, 15) is 4.79 Å². The molecular weight excluding hydrogens is 224 g/mol. The molecule has 2 rings (SSSR count). The van der Waals surface area contributed by atoms with Crippen LogP contribution < -0.4 is 5.73 Å². The molecule has 0 radical (unpaired) electrons. The van der Waals surface area contributed by atoms with Crippen molar-refractivity contribution >= 4 is 5.91 Å². The van der Waals surface area contributed by atoms with Gasteiger partial charge in [-0.1, -0.05) is 33.1 Å². The van der Waals surface area contributed by atoms with Gasteiger partial charge in [0.25, 0.3) is 0 Å². The third kappa shape index (κ3) is 3.25. The molecule has 0 aromatic heterocycles. The van der Waals surface area contributed by atoms with Crippen LogP contribution in [0.25, 0.3) is 0 Å². The molecule has 3 nitrogen and oxygen atoms in total. The van der Waals surface area contributed by atoms with Crippen LogP contribution in [0.3, 0.4) is 0 Å². The molecule has 18 heavy (non-hydrogen) atoms. The van der Waals surface area contributed by atoms with Crippen LogP contribution in [-0.2, 0) is 4.79 Å². The molecule has 0 unspecified atom stereocenters. The van der Waals surface area contributed by atoms with E-state index in [1.54, 1.807) is 0 Å². The molecule has 0 spiro atoms. The lowest BCUT2D eigenvalue weighted by Crippen LogP contribution is -2.57. The summed E-state index contributed by atoms with van der Waals surface area (Å²) in [6.07, 6.45) is 8.70. The Kier molecular flexibility index (Phi) is 4.31. The average molecular weight is 252 g/mol. The summed E-state index contributed by atoms with van der Waals surface area (Å²) < 4.78 is 0. The highest BCUT2D eigenvalue weighted by atomic mass is 16.2. The van der Waals surface area contributed by atoms with E-state index in [0.717, 1.165) is 38.6 Å². The molecule has 1 amide bonds. The number of nitrogens with two attached hydrogens (primary N) is 1. The largest absolute Gasteiger partial charge is 0.338 e. The number of carbonyl (C=O) groups excluding carboxylic acids is 1. The summed E-state index contributed by atoms with van der Waals surface area (Å²) >= 11 is 0. The fourth-order valence-corrected chi connectivity index (χ4v) is 2.92. The molecule has 0 aliphatic heterocycles. The summed E-state index contributed by atoms with van der Waals surface area (Å²) in [6, 6.07) is 0.499. The fraction of sp³-hybridized carbons (Fsp3) is 0.933. The second-order valence-corrected chi connectivity index (χ2v) is 6.63. The Morgan fingerprint density at radius 3 is 2.39 bits per heavy atom. The van der Waals surface area contributed by atoms with Gasteiger partial charge in [-0.25, -0.2) is 0 Å². The first kappa shape index (κ1) is 13.9. The molecule has 2 aliphatic rings. The molecule has 2 saturated carbocycles. The number of carbonyl (C=O) groups is 1. The van der Waals surface area contributed by atoms with Crippen LogP contribution in [0.4, 0.5) is 0 Å². The predicted octanol–water partition coefficient (Wildman–Crippen LogP) is 2.69. The number of rotatable bonds is 5. The van der Waals surface area contributed by atoms with Gasteiger partial charge in [-0.3, -0.25) is 4.79 Å². The molecule has 2 aliphatic carbocycles. The SMILES string of the molecule is CC(C)CCN(C(=O)C1(N)CCCCC1)C1CC1. The Morgan fingerprint density at radius 1 is 1.28 bits per heavy atom. The maximum Gasteiger partial charge on any atom is 0.242 e. The number of nitrogens with zero attached hydrogens (tertiary/aromatic N) is 1. The lowest BCUT2D eigenvalue weighted by molar-refractivity contribution is -0.139. The Labute approximate surface area is 111 Å². The first-order valence-electron chi connectivity index (χ1n) is 7.63. The number of hydrogen-bond donors (Lipinski definition) is 1. The van der Waals surface area contributed by atoms with Crippen LogP contribution in [0, 0.1) is 5.92 Å². The van der Waals surface area contributed by atoms with Crippen LogP contribution in [0.2, 0.25) is 0 Å². The summed E-state index contributed by atoms with van der Waals surface area (Å²) in [5.74, 6) is 0.893. The van der Waals surface area contributed by atoms with E-state index >= 15 is 0 Å². The van der Waals surface area contributed by atoms with Crippen LogP contribution in [0.5, 0.6) is 0 Å². The second-order valence-electron chi connectivity index (χ2n) is 6.63. The van der Waals surface area contributed by atoms with Gasteiger partial charge in [0.05, 0.1) is 5.54 Å². The zero-order valence-electron chi connectivity index (χ0n) is 12.0. The highest BCUT2D eigenvalue weighted by Crippen LogP contribution is 2.33. The van der Waals surface area contributed by atoms with Gasteiger partial charge in [0.1, 0.15) is 0 Å². The van der Waals surface area contributed by atoms with Gasteiger partial charge in [-0.05, 0) is 38.0 Å². The minimum absolute atomic E-state index is 0.241. The van der Waals surface area contributed by atoms with Gasteiger partial charge in [0, 0.05) is 12.6 Å². The molecule has 0 heterocycles. The summed E-state index contributed by atoms with van der Waals surface area (Å²) in [5, 5.41) is 0. The van der Waals surface area contributed by atoms with Crippen LogP contribution in [0.1, 0.15) is 65.2 Å². The average Bonchev–Trinajstić information content (AvgIpc) is 3.14. The van der Waals surface area contributed by atoms with Crippen LogP contribution >= 0.6 is 0 Å². The molecule has 0 aromatic carbocycles. The van der Waals surface area contributed by atoms with E-state index in [1.165, 1.54) is 19.3 Å². The van der Waals surface area contributed by atoms with E-state index in [0.29, 0.717) is 12.0 Å². The Bertz CT molecular complexity index is 291. The fourth-order valence-electron chi connectivity index (χ4n) is 2.92. The minimum Gasteiger partial charge on any atom is -0.338 e. The normalized spacial score (nSPS) is 23.1. The molecule has 2 fully saturated rings. The number of hydrogen-bond acceptors (Lipinski definition) is 2. The first-order chi connectivity index (χ1) is 8.53. The highest BCUT2D eigenvalue weighted by molar-refractivity contribution is 5.86. The van der Waals surface area contributed by atoms with Gasteiger partial charge >= 0.3 is 0 Å². The highest BCUT2D eigenvalue weighted by Gasteiger charge is 2.42. The lowest BCUT2D eigenvalue weighted by atomic mass is 9.81. The van der Waals surface area contributed by atoms with Gasteiger partial charge in [0.2, 0.25) is 5.91 Å². The summed E-state index contributed by atoms with van der Waals surface area (Å²) in [4.78, 5) is 14.8. The van der Waals surface area contributed by atoms with Gasteiger partial charge in [-0.15, -0.1) is 0 Å². The van der Waals surface area contributed by atoms with Crippen LogP contribution in [0.15, 0.2) is 0 Å². The molecule has 3 heteroatoms. The monoisotopic (exact) mass is 252 g/mol. The van der Waals surface area contributed by atoms with E-state index in [2.05, 4.69) is 18.7 Å². The van der Waals surface area contributed by atoms with E-state index in [1.807, 2.05) is 0 Å². The maximum absolute atomic E-state index is 12.7. The third-order valence-electron chi connectivity index (χ3n) is 4.37. The van der Waals surface area contributed by atoms with E-state index in [4.69, 9.17) is 5.73 Å².